The Morgan fingerprint density at radius 3 is 2.79 bits per heavy atom. The summed E-state index contributed by atoms with van der Waals surface area (Å²) in [5.74, 6) is 0.801. The smallest absolute Gasteiger partial charge is 0.0666 e. The third kappa shape index (κ3) is 3.21. The lowest BCUT2D eigenvalue weighted by molar-refractivity contribution is 0.179. The summed E-state index contributed by atoms with van der Waals surface area (Å²) < 4.78 is 5.33. The van der Waals surface area contributed by atoms with Gasteiger partial charge in [0.2, 0.25) is 0 Å². The molecule has 3 rings (SSSR count). The summed E-state index contributed by atoms with van der Waals surface area (Å²) in [7, 11) is 1.79. The molecule has 1 aliphatic heterocycles. The average molecular weight is 260 g/mol. The highest BCUT2D eigenvalue weighted by atomic mass is 16.5. The lowest BCUT2D eigenvalue weighted by Gasteiger charge is -2.22. The summed E-state index contributed by atoms with van der Waals surface area (Å²) in [6.45, 7) is 3.21. The van der Waals surface area contributed by atoms with Crippen LogP contribution in [0.15, 0.2) is 24.3 Å². The molecule has 0 aromatic heterocycles. The van der Waals surface area contributed by atoms with Crippen LogP contribution in [0.25, 0.3) is 0 Å². The minimum Gasteiger partial charge on any atom is -0.383 e. The fourth-order valence-corrected chi connectivity index (χ4v) is 2.96. The number of hydrogen-bond donors (Lipinski definition) is 1. The Morgan fingerprint density at radius 1 is 1.32 bits per heavy atom. The second-order valence-electron chi connectivity index (χ2n) is 5.79. The zero-order valence-corrected chi connectivity index (χ0v) is 11.8. The van der Waals surface area contributed by atoms with Crippen molar-refractivity contribution in [1.29, 1.82) is 0 Å². The van der Waals surface area contributed by atoms with Crippen LogP contribution in [-0.4, -0.2) is 32.8 Å². The molecule has 1 aromatic rings. The maximum atomic E-state index is 5.33. The summed E-state index contributed by atoms with van der Waals surface area (Å²) in [5.41, 5.74) is 2.59. The van der Waals surface area contributed by atoms with Crippen molar-refractivity contribution in [1.82, 2.24) is 0 Å². The maximum Gasteiger partial charge on any atom is 0.0666 e. The van der Waals surface area contributed by atoms with E-state index >= 15 is 0 Å². The Kier molecular flexibility index (Phi) is 3.92. The molecule has 3 nitrogen and oxygen atoms in total. The van der Waals surface area contributed by atoms with Crippen molar-refractivity contribution in [2.45, 2.75) is 31.7 Å². The first-order chi connectivity index (χ1) is 9.36. The number of rotatable bonds is 6. The minimum absolute atomic E-state index is 0.471. The van der Waals surface area contributed by atoms with Crippen LogP contribution in [0.4, 0.5) is 11.4 Å². The molecule has 1 atom stereocenters. The third-order valence-electron chi connectivity index (χ3n) is 4.21. The van der Waals surface area contributed by atoms with Crippen LogP contribution in [0.3, 0.4) is 0 Å². The fraction of sp³-hybridized carbons (Fsp3) is 0.625. The largest absolute Gasteiger partial charge is 0.383 e. The molecular weight excluding hydrogens is 236 g/mol. The van der Waals surface area contributed by atoms with Crippen molar-refractivity contribution >= 4 is 11.4 Å². The number of nitrogens with zero attached hydrogens (tertiary/aromatic N) is 1. The first kappa shape index (κ1) is 12.8. The highest BCUT2D eigenvalue weighted by Crippen LogP contribution is 2.35. The SMILES string of the molecule is COCC(Nc1cccc(N2CCCC2)c1)C1CC1. The summed E-state index contributed by atoms with van der Waals surface area (Å²) in [6, 6.07) is 9.31. The van der Waals surface area contributed by atoms with Gasteiger partial charge in [0.1, 0.15) is 0 Å². The van der Waals surface area contributed by atoms with E-state index in [4.69, 9.17) is 4.74 Å². The standard InChI is InChI=1S/C16H24N2O/c1-19-12-16(13-7-8-13)17-14-5-4-6-15(11-14)18-9-2-3-10-18/h4-6,11,13,16-17H,2-3,7-10,12H2,1H3. The van der Waals surface area contributed by atoms with Gasteiger partial charge in [-0.15, -0.1) is 0 Å². The Labute approximate surface area is 115 Å². The molecule has 2 aliphatic rings. The van der Waals surface area contributed by atoms with Gasteiger partial charge in [0.15, 0.2) is 0 Å². The summed E-state index contributed by atoms with van der Waals surface area (Å²) >= 11 is 0. The molecule has 1 aromatic carbocycles. The minimum atomic E-state index is 0.471. The van der Waals surface area contributed by atoms with Crippen molar-refractivity contribution in [3.63, 3.8) is 0 Å². The molecular formula is C16H24N2O. The predicted molar refractivity (Wildman–Crippen MR) is 79.9 cm³/mol. The predicted octanol–water partition coefficient (Wildman–Crippen LogP) is 3.12. The van der Waals surface area contributed by atoms with Gasteiger partial charge in [-0.3, -0.25) is 0 Å². The van der Waals surface area contributed by atoms with Crippen LogP contribution in [0.1, 0.15) is 25.7 Å². The van der Waals surface area contributed by atoms with Gasteiger partial charge >= 0.3 is 0 Å². The third-order valence-corrected chi connectivity index (χ3v) is 4.21. The molecule has 0 amide bonds. The summed E-state index contributed by atoms with van der Waals surface area (Å²) in [6.07, 6.45) is 5.33. The van der Waals surface area contributed by atoms with E-state index in [-0.39, 0.29) is 0 Å². The van der Waals surface area contributed by atoms with E-state index in [1.54, 1.807) is 7.11 Å². The van der Waals surface area contributed by atoms with Crippen molar-refractivity contribution < 1.29 is 4.74 Å². The molecule has 1 unspecified atom stereocenters. The zero-order valence-electron chi connectivity index (χ0n) is 11.8. The molecule has 0 bridgehead atoms. The lowest BCUT2D eigenvalue weighted by atomic mass is 10.1. The van der Waals surface area contributed by atoms with E-state index in [0.29, 0.717) is 6.04 Å². The van der Waals surface area contributed by atoms with Crippen LogP contribution in [0, 0.1) is 5.92 Å². The highest BCUT2D eigenvalue weighted by Gasteiger charge is 2.31. The second kappa shape index (κ2) is 5.83. The van der Waals surface area contributed by atoms with Crippen LogP contribution in [0.2, 0.25) is 0 Å². The van der Waals surface area contributed by atoms with E-state index in [2.05, 4.69) is 34.5 Å². The first-order valence-electron chi connectivity index (χ1n) is 7.47. The summed E-state index contributed by atoms with van der Waals surface area (Å²) in [5, 5.41) is 3.65. The van der Waals surface area contributed by atoms with Crippen LogP contribution < -0.4 is 10.2 Å². The van der Waals surface area contributed by atoms with Gasteiger partial charge in [-0.2, -0.15) is 0 Å². The molecule has 1 saturated heterocycles. The normalized spacial score (nSPS) is 20.6. The van der Waals surface area contributed by atoms with Gasteiger partial charge in [-0.05, 0) is 49.8 Å². The quantitative estimate of drug-likeness (QED) is 0.850. The molecule has 19 heavy (non-hydrogen) atoms. The van der Waals surface area contributed by atoms with E-state index in [1.807, 2.05) is 0 Å². The van der Waals surface area contributed by atoms with E-state index in [9.17, 15) is 0 Å². The van der Waals surface area contributed by atoms with E-state index in [0.717, 1.165) is 12.5 Å². The monoisotopic (exact) mass is 260 g/mol. The molecule has 0 spiro atoms. The van der Waals surface area contributed by atoms with Gasteiger partial charge < -0.3 is 15.0 Å². The van der Waals surface area contributed by atoms with Crippen molar-refractivity contribution in [2.75, 3.05) is 37.0 Å². The number of ether oxygens (including phenoxy) is 1. The topological polar surface area (TPSA) is 24.5 Å². The van der Waals surface area contributed by atoms with Gasteiger partial charge in [0, 0.05) is 31.6 Å². The number of nitrogens with one attached hydrogen (secondary N) is 1. The van der Waals surface area contributed by atoms with Crippen LogP contribution in [0.5, 0.6) is 0 Å². The van der Waals surface area contributed by atoms with Gasteiger partial charge in [-0.25, -0.2) is 0 Å². The van der Waals surface area contributed by atoms with Crippen LogP contribution in [-0.2, 0) is 4.74 Å². The van der Waals surface area contributed by atoms with Crippen molar-refractivity contribution in [3.8, 4) is 0 Å². The fourth-order valence-electron chi connectivity index (χ4n) is 2.96. The van der Waals surface area contributed by atoms with E-state index < -0.39 is 0 Å². The number of anilines is 2. The number of methoxy groups -OCH3 is 1. The van der Waals surface area contributed by atoms with Gasteiger partial charge in [-0.1, -0.05) is 6.07 Å². The zero-order chi connectivity index (χ0) is 13.1. The highest BCUT2D eigenvalue weighted by molar-refractivity contribution is 5.59. The summed E-state index contributed by atoms with van der Waals surface area (Å²) in [4.78, 5) is 2.48. The Balaban J connectivity index is 1.67. The molecule has 1 saturated carbocycles. The van der Waals surface area contributed by atoms with Crippen LogP contribution >= 0.6 is 0 Å². The van der Waals surface area contributed by atoms with Crippen molar-refractivity contribution in [3.05, 3.63) is 24.3 Å². The molecule has 1 heterocycles. The van der Waals surface area contributed by atoms with Crippen molar-refractivity contribution in [2.24, 2.45) is 5.92 Å². The number of benzene rings is 1. The molecule has 3 heteroatoms. The molecule has 1 N–H and O–H groups in total. The molecule has 104 valence electrons. The lowest BCUT2D eigenvalue weighted by Crippen LogP contribution is -2.27. The first-order valence-corrected chi connectivity index (χ1v) is 7.47. The molecule has 0 radical (unpaired) electrons. The second-order valence-corrected chi connectivity index (χ2v) is 5.79. The Hall–Kier alpha value is -1.22. The van der Waals surface area contributed by atoms with Gasteiger partial charge in [0.25, 0.3) is 0 Å². The Bertz CT molecular complexity index is 411. The number of hydrogen-bond acceptors (Lipinski definition) is 3. The average Bonchev–Trinajstić information content (AvgIpc) is 3.13. The maximum absolute atomic E-state index is 5.33. The molecule has 1 aliphatic carbocycles. The van der Waals surface area contributed by atoms with Gasteiger partial charge in [0.05, 0.1) is 12.6 Å². The Morgan fingerprint density at radius 2 is 2.11 bits per heavy atom. The molecule has 2 fully saturated rings. The van der Waals surface area contributed by atoms with E-state index in [1.165, 1.54) is 50.1 Å².